The van der Waals surface area contributed by atoms with Crippen molar-refractivity contribution >= 4 is 56.5 Å². The van der Waals surface area contributed by atoms with Gasteiger partial charge >= 0.3 is 6.03 Å². The van der Waals surface area contributed by atoms with Gasteiger partial charge in [0.2, 0.25) is 11.8 Å². The summed E-state index contributed by atoms with van der Waals surface area (Å²) in [6.45, 7) is 5.37. The molecule has 0 spiro atoms. The van der Waals surface area contributed by atoms with E-state index in [9.17, 15) is 14.4 Å². The highest BCUT2D eigenvalue weighted by molar-refractivity contribution is 7.21. The number of carbonyl (C=O) groups is 3. The molecule has 1 unspecified atom stereocenters. The summed E-state index contributed by atoms with van der Waals surface area (Å²) in [5, 5.41) is 9.57. The lowest BCUT2D eigenvalue weighted by Crippen LogP contribution is -2.37. The van der Waals surface area contributed by atoms with Crippen LogP contribution in [0.1, 0.15) is 34.5 Å². The number of rotatable bonds is 7. The molecule has 11 heteroatoms. The quantitative estimate of drug-likeness (QED) is 0.262. The normalized spacial score (nSPS) is 17.8. The summed E-state index contributed by atoms with van der Waals surface area (Å²) in [5.41, 5.74) is 2.45. The first kappa shape index (κ1) is 25.5. The van der Waals surface area contributed by atoms with E-state index in [0.717, 1.165) is 18.4 Å². The summed E-state index contributed by atoms with van der Waals surface area (Å²) in [7, 11) is 0. The number of aromatic nitrogens is 2. The predicted molar refractivity (Wildman–Crippen MR) is 154 cm³/mol. The van der Waals surface area contributed by atoms with Crippen molar-refractivity contribution in [3.05, 3.63) is 78.0 Å². The van der Waals surface area contributed by atoms with E-state index in [2.05, 4.69) is 32.5 Å². The van der Waals surface area contributed by atoms with Gasteiger partial charge in [0.15, 0.2) is 0 Å². The van der Waals surface area contributed by atoms with E-state index in [4.69, 9.17) is 4.74 Å². The zero-order chi connectivity index (χ0) is 27.8. The molecule has 3 N–H and O–H groups in total. The number of aryl methyl sites for hydroxylation is 1. The molecule has 4 amide bonds. The molecule has 0 saturated heterocycles. The van der Waals surface area contributed by atoms with Crippen molar-refractivity contribution in [2.45, 2.75) is 38.3 Å². The molecule has 40 heavy (non-hydrogen) atoms. The number of hydrogen-bond donors (Lipinski definition) is 3. The molecule has 4 aromatic rings. The Balaban J connectivity index is 1.27. The van der Waals surface area contributed by atoms with Crippen LogP contribution < -0.4 is 25.6 Å². The van der Waals surface area contributed by atoms with Crippen molar-refractivity contribution in [2.24, 2.45) is 0 Å². The Bertz CT molecular complexity index is 1650. The molecule has 1 aliphatic heterocycles. The van der Waals surface area contributed by atoms with Gasteiger partial charge in [0.25, 0.3) is 5.91 Å². The van der Waals surface area contributed by atoms with E-state index in [1.165, 1.54) is 17.4 Å². The number of thiophene rings is 1. The van der Waals surface area contributed by atoms with Crippen molar-refractivity contribution < 1.29 is 19.1 Å². The maximum Gasteiger partial charge on any atom is 0.331 e. The van der Waals surface area contributed by atoms with Gasteiger partial charge in [-0.1, -0.05) is 24.8 Å². The van der Waals surface area contributed by atoms with Gasteiger partial charge in [-0.3, -0.25) is 14.5 Å². The first-order chi connectivity index (χ1) is 19.4. The first-order valence-corrected chi connectivity index (χ1v) is 13.7. The van der Waals surface area contributed by atoms with Crippen LogP contribution in [0.5, 0.6) is 11.6 Å². The van der Waals surface area contributed by atoms with Crippen molar-refractivity contribution in [2.75, 3.05) is 10.2 Å². The second-order valence-electron chi connectivity index (χ2n) is 9.70. The number of urea groups is 1. The first-order valence-electron chi connectivity index (χ1n) is 12.9. The molecule has 10 nitrogen and oxygen atoms in total. The summed E-state index contributed by atoms with van der Waals surface area (Å²) in [4.78, 5) is 49.9. The van der Waals surface area contributed by atoms with E-state index >= 15 is 0 Å². The summed E-state index contributed by atoms with van der Waals surface area (Å²) in [6, 6.07) is 12.4. The van der Waals surface area contributed by atoms with E-state index in [1.54, 1.807) is 29.4 Å². The lowest BCUT2D eigenvalue weighted by Gasteiger charge is -2.29. The molecule has 3 aromatic heterocycles. The van der Waals surface area contributed by atoms with Crippen LogP contribution in [0.3, 0.4) is 0 Å². The van der Waals surface area contributed by atoms with Crippen LogP contribution in [0.15, 0.2) is 67.5 Å². The lowest BCUT2D eigenvalue weighted by atomic mass is 10.1. The molecule has 0 radical (unpaired) electrons. The third-order valence-corrected chi connectivity index (χ3v) is 8.11. The average Bonchev–Trinajstić information content (AvgIpc) is 3.55. The number of amides is 4. The summed E-state index contributed by atoms with van der Waals surface area (Å²) in [6.07, 6.45) is 6.62. The topological polar surface area (TPSA) is 126 Å². The van der Waals surface area contributed by atoms with Crippen molar-refractivity contribution in [1.29, 1.82) is 0 Å². The minimum absolute atomic E-state index is 0.0144. The molecule has 2 atom stereocenters. The number of hydrogen-bond acceptors (Lipinski definition) is 7. The van der Waals surface area contributed by atoms with Gasteiger partial charge in [0.05, 0.1) is 28.6 Å². The molecule has 202 valence electrons. The minimum Gasteiger partial charge on any atom is -0.439 e. The van der Waals surface area contributed by atoms with Crippen LogP contribution in [-0.2, 0) is 4.79 Å². The third-order valence-electron chi connectivity index (χ3n) is 7.02. The highest BCUT2D eigenvalue weighted by atomic mass is 32.1. The number of anilines is 3. The van der Waals surface area contributed by atoms with E-state index in [-0.39, 0.29) is 23.9 Å². The molecule has 1 fully saturated rings. The van der Waals surface area contributed by atoms with Gasteiger partial charge < -0.3 is 20.7 Å². The fourth-order valence-corrected chi connectivity index (χ4v) is 6.18. The molecule has 2 aliphatic rings. The smallest absolute Gasteiger partial charge is 0.331 e. The highest BCUT2D eigenvalue weighted by Crippen LogP contribution is 2.46. The van der Waals surface area contributed by atoms with Crippen LogP contribution in [0.2, 0.25) is 0 Å². The number of pyridine rings is 2. The fourth-order valence-electron chi connectivity index (χ4n) is 5.16. The number of para-hydroxylation sites is 1. The Morgan fingerprint density at radius 1 is 1.12 bits per heavy atom. The van der Waals surface area contributed by atoms with Crippen LogP contribution in [0.25, 0.3) is 10.2 Å². The van der Waals surface area contributed by atoms with Gasteiger partial charge in [-0.2, -0.15) is 0 Å². The Morgan fingerprint density at radius 2 is 1.90 bits per heavy atom. The van der Waals surface area contributed by atoms with Crippen LogP contribution in [0, 0.1) is 6.92 Å². The maximum atomic E-state index is 13.5. The summed E-state index contributed by atoms with van der Waals surface area (Å²) in [5.74, 6) is 0.578. The standard InChI is InChI=1S/C29H26N6O4S/c1-3-22(36)32-17-9-10-18(14-17)33-27(37)26-25-24-20(11-12-30-28(24)40-26)35(29(38)34-25)21-15-31-23(13-16(21)2)39-19-7-5-4-6-8-19/h3-8,11-13,15,17-18H,1,9-10,14H2,2H3,(H,32,36)(H,33,37)(H,34,38)/t17-,18?/m0/s1. The highest BCUT2D eigenvalue weighted by Gasteiger charge is 2.35. The molecular formula is C29H26N6O4S. The van der Waals surface area contributed by atoms with Gasteiger partial charge in [-0.15, -0.1) is 11.3 Å². The van der Waals surface area contributed by atoms with Crippen molar-refractivity contribution in [3.63, 3.8) is 0 Å². The van der Waals surface area contributed by atoms with Crippen molar-refractivity contribution in [3.8, 4) is 11.6 Å². The summed E-state index contributed by atoms with van der Waals surface area (Å²) >= 11 is 1.23. The number of nitrogens with zero attached hydrogens (tertiary/aromatic N) is 3. The number of nitrogens with one attached hydrogen (secondary N) is 3. The minimum atomic E-state index is -0.401. The van der Waals surface area contributed by atoms with E-state index in [0.29, 0.717) is 50.2 Å². The third kappa shape index (κ3) is 4.75. The van der Waals surface area contributed by atoms with Crippen LogP contribution in [-0.4, -0.2) is 39.9 Å². The molecule has 0 bridgehead atoms. The van der Waals surface area contributed by atoms with Crippen LogP contribution >= 0.6 is 11.3 Å². The predicted octanol–water partition coefficient (Wildman–Crippen LogP) is 5.43. The molecule has 6 rings (SSSR count). The second-order valence-corrected chi connectivity index (χ2v) is 10.7. The molecule has 1 aromatic carbocycles. The second kappa shape index (κ2) is 10.4. The van der Waals surface area contributed by atoms with Gasteiger partial charge in [-0.05, 0) is 56.0 Å². The zero-order valence-corrected chi connectivity index (χ0v) is 22.5. The van der Waals surface area contributed by atoms with Crippen molar-refractivity contribution in [1.82, 2.24) is 20.6 Å². The Hall–Kier alpha value is -4.77. The number of ether oxygens (including phenoxy) is 1. The molecule has 1 saturated carbocycles. The monoisotopic (exact) mass is 554 g/mol. The largest absolute Gasteiger partial charge is 0.439 e. The Morgan fingerprint density at radius 3 is 2.65 bits per heavy atom. The summed E-state index contributed by atoms with van der Waals surface area (Å²) < 4.78 is 5.85. The Labute approximate surface area is 234 Å². The molecule has 1 aliphatic carbocycles. The Kier molecular flexibility index (Phi) is 6.64. The van der Waals surface area contributed by atoms with E-state index in [1.807, 2.05) is 37.3 Å². The molecular weight excluding hydrogens is 528 g/mol. The SMILES string of the molecule is C=CC(=O)N[C@H]1CCC(NC(=O)c2sc3nccc4c3c2NC(=O)N4c2cnc(Oc3ccccc3)cc2C)C1. The number of benzene rings is 1. The van der Waals surface area contributed by atoms with Gasteiger partial charge in [0, 0.05) is 24.3 Å². The lowest BCUT2D eigenvalue weighted by molar-refractivity contribution is -0.117. The average molecular weight is 555 g/mol. The molecule has 4 heterocycles. The number of carbonyl (C=O) groups excluding carboxylic acids is 3. The van der Waals surface area contributed by atoms with E-state index < -0.39 is 6.03 Å². The van der Waals surface area contributed by atoms with Crippen LogP contribution in [0.4, 0.5) is 21.9 Å². The maximum absolute atomic E-state index is 13.5. The zero-order valence-electron chi connectivity index (χ0n) is 21.6. The van der Waals surface area contributed by atoms with Gasteiger partial charge in [0.1, 0.15) is 15.5 Å². The fraction of sp³-hybridized carbons (Fsp3) is 0.207. The van der Waals surface area contributed by atoms with Gasteiger partial charge in [-0.25, -0.2) is 14.8 Å².